The molecule has 0 radical (unpaired) electrons. The molecule has 0 spiro atoms. The lowest BCUT2D eigenvalue weighted by molar-refractivity contribution is -0.383. The van der Waals surface area contributed by atoms with E-state index in [0.29, 0.717) is 16.9 Å². The lowest BCUT2D eigenvalue weighted by atomic mass is 10.0. The number of fused-ring (bicyclic) bond motifs is 1. The highest BCUT2D eigenvalue weighted by atomic mass is 16.6. The third kappa shape index (κ3) is 2.45. The molecule has 1 saturated heterocycles. The Bertz CT molecular complexity index is 871. The number of piperidine rings is 1. The first-order valence-corrected chi connectivity index (χ1v) is 7.87. The summed E-state index contributed by atoms with van der Waals surface area (Å²) >= 11 is 0. The molecule has 0 amide bonds. The fraction of sp³-hybridized carbons (Fsp3) is 0.312. The van der Waals surface area contributed by atoms with E-state index in [1.54, 1.807) is 30.6 Å². The fourth-order valence-electron chi connectivity index (χ4n) is 3.34. The average Bonchev–Trinajstić information content (AvgIpc) is 3.15. The Morgan fingerprint density at radius 1 is 1.17 bits per heavy atom. The van der Waals surface area contributed by atoms with Gasteiger partial charge < -0.3 is 4.90 Å². The molecule has 8 nitrogen and oxygen atoms in total. The van der Waals surface area contributed by atoms with Crippen molar-refractivity contribution in [1.29, 1.82) is 0 Å². The number of rotatable bonds is 3. The quantitative estimate of drug-likeness (QED) is 0.543. The summed E-state index contributed by atoms with van der Waals surface area (Å²) in [7, 11) is 0. The summed E-state index contributed by atoms with van der Waals surface area (Å²) in [6.45, 7) is 1.71. The molecule has 3 heterocycles. The van der Waals surface area contributed by atoms with Crippen molar-refractivity contribution in [3.8, 4) is 0 Å². The van der Waals surface area contributed by atoms with Crippen molar-refractivity contribution in [1.82, 2.24) is 20.0 Å². The number of pyridine rings is 1. The van der Waals surface area contributed by atoms with Crippen molar-refractivity contribution in [3.05, 3.63) is 53.0 Å². The van der Waals surface area contributed by atoms with Gasteiger partial charge in [-0.05, 0) is 31.0 Å². The molecule has 0 bridgehead atoms. The van der Waals surface area contributed by atoms with Gasteiger partial charge in [0.1, 0.15) is 5.52 Å². The van der Waals surface area contributed by atoms with Crippen LogP contribution in [-0.2, 0) is 0 Å². The smallest absolute Gasteiger partial charge is 0.278 e. The van der Waals surface area contributed by atoms with Gasteiger partial charge in [0, 0.05) is 31.5 Å². The minimum atomic E-state index is -0.356. The Labute approximate surface area is 137 Å². The van der Waals surface area contributed by atoms with Gasteiger partial charge in [-0.25, -0.2) is 4.68 Å². The molecule has 0 aliphatic carbocycles. The third-order valence-electron chi connectivity index (χ3n) is 4.54. The Hall–Kier alpha value is -3.03. The number of hydrogen-bond acceptors (Lipinski definition) is 6. The zero-order chi connectivity index (χ0) is 16.5. The molecule has 8 heteroatoms. The summed E-state index contributed by atoms with van der Waals surface area (Å²) in [5.41, 5.74) is 1.73. The Morgan fingerprint density at radius 3 is 2.71 bits per heavy atom. The van der Waals surface area contributed by atoms with Gasteiger partial charge in [0.05, 0.1) is 28.2 Å². The van der Waals surface area contributed by atoms with E-state index in [4.69, 9.17) is 0 Å². The monoisotopic (exact) mass is 324 g/mol. The second kappa shape index (κ2) is 5.88. The van der Waals surface area contributed by atoms with Crippen LogP contribution in [0.25, 0.3) is 10.9 Å². The molecule has 3 aromatic rings. The molecule has 0 unspecified atom stereocenters. The van der Waals surface area contributed by atoms with E-state index >= 15 is 0 Å². The molecule has 1 aliphatic rings. The first-order valence-electron chi connectivity index (χ1n) is 7.87. The van der Waals surface area contributed by atoms with Crippen LogP contribution in [0.15, 0.2) is 42.9 Å². The van der Waals surface area contributed by atoms with E-state index in [1.807, 2.05) is 16.9 Å². The molecule has 0 N–H and O–H groups in total. The van der Waals surface area contributed by atoms with Crippen LogP contribution in [0.3, 0.4) is 0 Å². The van der Waals surface area contributed by atoms with Crippen molar-refractivity contribution in [3.63, 3.8) is 0 Å². The number of nitrogens with zero attached hydrogens (tertiary/aromatic N) is 6. The normalized spacial score (nSPS) is 15.8. The molecule has 24 heavy (non-hydrogen) atoms. The van der Waals surface area contributed by atoms with Crippen LogP contribution in [0, 0.1) is 10.1 Å². The Morgan fingerprint density at radius 2 is 2.00 bits per heavy atom. The summed E-state index contributed by atoms with van der Waals surface area (Å²) in [5.74, 6) is 0. The third-order valence-corrected chi connectivity index (χ3v) is 4.54. The zero-order valence-electron chi connectivity index (χ0n) is 12.9. The number of aromatic nitrogens is 4. The van der Waals surface area contributed by atoms with E-state index < -0.39 is 0 Å². The van der Waals surface area contributed by atoms with Gasteiger partial charge in [-0.1, -0.05) is 5.21 Å². The van der Waals surface area contributed by atoms with E-state index in [2.05, 4.69) is 20.2 Å². The van der Waals surface area contributed by atoms with Gasteiger partial charge in [-0.2, -0.15) is 0 Å². The molecule has 4 rings (SSSR count). The first-order chi connectivity index (χ1) is 11.7. The van der Waals surface area contributed by atoms with Crippen LogP contribution in [0.5, 0.6) is 0 Å². The maximum Gasteiger partial charge on any atom is 0.278 e. The van der Waals surface area contributed by atoms with Crippen LogP contribution in [0.2, 0.25) is 0 Å². The fourth-order valence-corrected chi connectivity index (χ4v) is 3.34. The highest BCUT2D eigenvalue weighted by molar-refractivity contribution is 5.97. The molecule has 2 aromatic heterocycles. The maximum absolute atomic E-state index is 11.2. The van der Waals surface area contributed by atoms with Gasteiger partial charge >= 0.3 is 0 Å². The highest BCUT2D eigenvalue weighted by Crippen LogP contribution is 2.34. The van der Waals surface area contributed by atoms with Crippen LogP contribution >= 0.6 is 0 Å². The second-order valence-electron chi connectivity index (χ2n) is 5.86. The number of nitro groups is 1. The minimum Gasteiger partial charge on any atom is -0.370 e. The van der Waals surface area contributed by atoms with Gasteiger partial charge in [0.2, 0.25) is 0 Å². The Balaban J connectivity index is 1.64. The lowest BCUT2D eigenvalue weighted by Gasteiger charge is -2.33. The Kier molecular flexibility index (Phi) is 3.56. The number of non-ortho nitro benzene ring substituents is 1. The maximum atomic E-state index is 11.2. The molecule has 1 fully saturated rings. The van der Waals surface area contributed by atoms with Crippen LogP contribution in [0.4, 0.5) is 11.4 Å². The predicted octanol–water partition coefficient (Wildman–Crippen LogP) is 2.58. The van der Waals surface area contributed by atoms with E-state index in [9.17, 15) is 10.1 Å². The molecular formula is C16H16N6O2. The van der Waals surface area contributed by atoms with Crippen molar-refractivity contribution >= 4 is 22.3 Å². The second-order valence-corrected chi connectivity index (χ2v) is 5.86. The number of hydrogen-bond donors (Lipinski definition) is 0. The predicted molar refractivity (Wildman–Crippen MR) is 88.9 cm³/mol. The molecule has 122 valence electrons. The number of benzene rings is 1. The van der Waals surface area contributed by atoms with E-state index in [1.165, 1.54) is 0 Å². The van der Waals surface area contributed by atoms with Crippen molar-refractivity contribution in [2.75, 3.05) is 18.0 Å². The minimum absolute atomic E-state index is 0.0966. The van der Waals surface area contributed by atoms with E-state index in [0.717, 1.165) is 31.6 Å². The summed E-state index contributed by atoms with van der Waals surface area (Å²) in [6, 6.07) is 7.22. The largest absolute Gasteiger partial charge is 0.370 e. The first kappa shape index (κ1) is 14.6. The lowest BCUT2D eigenvalue weighted by Crippen LogP contribution is -2.35. The van der Waals surface area contributed by atoms with Crippen molar-refractivity contribution < 1.29 is 4.92 Å². The standard InChI is InChI=1S/C16H16N6O2/c23-22(24)14-3-4-15(16-13(14)2-1-7-17-16)20-9-5-12(6-10-20)21-11-8-18-19-21/h1-4,7-8,11-12H,5-6,9-10H2. The van der Waals surface area contributed by atoms with E-state index in [-0.39, 0.29) is 10.6 Å². The van der Waals surface area contributed by atoms with Gasteiger partial charge in [0.15, 0.2) is 0 Å². The summed E-state index contributed by atoms with van der Waals surface area (Å²) in [4.78, 5) is 17.5. The molecular weight excluding hydrogens is 308 g/mol. The van der Waals surface area contributed by atoms with Crippen molar-refractivity contribution in [2.45, 2.75) is 18.9 Å². The molecule has 0 saturated carbocycles. The highest BCUT2D eigenvalue weighted by Gasteiger charge is 2.24. The summed E-state index contributed by atoms with van der Waals surface area (Å²) < 4.78 is 1.91. The average molecular weight is 324 g/mol. The number of anilines is 1. The topological polar surface area (TPSA) is 90.0 Å². The van der Waals surface area contributed by atoms with Gasteiger partial charge in [-0.15, -0.1) is 5.10 Å². The van der Waals surface area contributed by atoms with Crippen molar-refractivity contribution in [2.24, 2.45) is 0 Å². The summed E-state index contributed by atoms with van der Waals surface area (Å²) in [6.07, 6.45) is 7.17. The molecule has 0 atom stereocenters. The van der Waals surface area contributed by atoms with Crippen LogP contribution in [0.1, 0.15) is 18.9 Å². The molecule has 1 aromatic carbocycles. The van der Waals surface area contributed by atoms with Gasteiger partial charge in [0.25, 0.3) is 5.69 Å². The van der Waals surface area contributed by atoms with Crippen LogP contribution in [-0.4, -0.2) is 38.0 Å². The zero-order valence-corrected chi connectivity index (χ0v) is 12.9. The van der Waals surface area contributed by atoms with Gasteiger partial charge in [-0.3, -0.25) is 15.1 Å². The van der Waals surface area contributed by atoms with Crippen LogP contribution < -0.4 is 4.90 Å². The SMILES string of the molecule is O=[N+]([O-])c1ccc(N2CCC(n3ccnn3)CC2)c2ncccc12. The number of nitro benzene ring substituents is 1. The molecule has 1 aliphatic heterocycles. The summed E-state index contributed by atoms with van der Waals surface area (Å²) in [5, 5.41) is 19.8.